The summed E-state index contributed by atoms with van der Waals surface area (Å²) in [5, 5.41) is 4.70. The summed E-state index contributed by atoms with van der Waals surface area (Å²) in [4.78, 5) is 12.1. The first kappa shape index (κ1) is 18.9. The van der Waals surface area contributed by atoms with Crippen LogP contribution in [0, 0.1) is 23.5 Å². The van der Waals surface area contributed by atoms with E-state index in [0.717, 1.165) is 35.9 Å². The maximum Gasteiger partial charge on any atom is 0.219 e. The Bertz CT molecular complexity index is 1310. The molecule has 1 aliphatic carbocycles. The highest BCUT2D eigenvalue weighted by molar-refractivity contribution is 5.46. The highest BCUT2D eigenvalue weighted by atomic mass is 19.1. The molecule has 0 saturated heterocycles. The van der Waals surface area contributed by atoms with Gasteiger partial charge in [-0.3, -0.25) is 4.98 Å². The average Bonchev–Trinajstić information content (AvgIpc) is 3.34. The lowest BCUT2D eigenvalue weighted by atomic mass is 9.97. The number of nitrogens with two attached hydrogens (primary N) is 1. The third-order valence-corrected chi connectivity index (χ3v) is 5.15. The van der Waals surface area contributed by atoms with Crippen molar-refractivity contribution in [2.45, 2.75) is 18.8 Å². The van der Waals surface area contributed by atoms with E-state index < -0.39 is 11.6 Å². The van der Waals surface area contributed by atoms with E-state index in [1.807, 2.05) is 12.3 Å². The molecule has 0 fully saturated rings. The number of hydrogen-bond donors (Lipinski definition) is 1. The van der Waals surface area contributed by atoms with Crippen LogP contribution in [0.2, 0.25) is 0 Å². The summed E-state index contributed by atoms with van der Waals surface area (Å²) in [7, 11) is 0. The maximum absolute atomic E-state index is 13.7. The fourth-order valence-corrected chi connectivity index (χ4v) is 3.75. The summed E-state index contributed by atoms with van der Waals surface area (Å²) in [5.41, 5.74) is 10.1. The second-order valence-electron chi connectivity index (χ2n) is 7.29. The molecule has 1 atom stereocenters. The number of aromatic nitrogens is 5. The third-order valence-electron chi connectivity index (χ3n) is 5.15. The van der Waals surface area contributed by atoms with Gasteiger partial charge >= 0.3 is 0 Å². The van der Waals surface area contributed by atoms with Crippen molar-refractivity contribution in [3.05, 3.63) is 94.8 Å². The summed E-state index contributed by atoms with van der Waals surface area (Å²) in [6.07, 6.45) is 9.96. The molecule has 1 aromatic carbocycles. The zero-order valence-electron chi connectivity index (χ0n) is 16.3. The lowest BCUT2D eigenvalue weighted by Crippen LogP contribution is -2.03. The minimum absolute atomic E-state index is 0.136. The number of nitrogen functional groups attached to an aromatic ring is 1. The van der Waals surface area contributed by atoms with Gasteiger partial charge in [0.2, 0.25) is 5.95 Å². The van der Waals surface area contributed by atoms with E-state index in [1.165, 1.54) is 12.1 Å². The zero-order chi connectivity index (χ0) is 21.4. The first-order valence-electron chi connectivity index (χ1n) is 9.64. The molecular weight excluding hydrogens is 398 g/mol. The van der Waals surface area contributed by atoms with Gasteiger partial charge in [-0.15, -0.1) is 0 Å². The average molecular weight is 414 g/mol. The van der Waals surface area contributed by atoms with Gasteiger partial charge < -0.3 is 5.73 Å². The molecule has 2 N–H and O–H groups in total. The van der Waals surface area contributed by atoms with Crippen molar-refractivity contribution in [3.63, 3.8) is 0 Å². The molecule has 0 spiro atoms. The highest BCUT2D eigenvalue weighted by Gasteiger charge is 2.28. The Kier molecular flexibility index (Phi) is 4.64. The summed E-state index contributed by atoms with van der Waals surface area (Å²) >= 11 is 0. The van der Waals surface area contributed by atoms with Crippen LogP contribution < -0.4 is 5.73 Å². The van der Waals surface area contributed by atoms with E-state index in [-0.39, 0.29) is 11.9 Å². The van der Waals surface area contributed by atoms with Gasteiger partial charge in [0.25, 0.3) is 0 Å². The monoisotopic (exact) mass is 414 g/mol. The van der Waals surface area contributed by atoms with Crippen molar-refractivity contribution in [3.8, 4) is 17.5 Å². The minimum Gasteiger partial charge on any atom is -0.368 e. The van der Waals surface area contributed by atoms with Crippen LogP contribution in [0.5, 0.6) is 0 Å². The number of benzene rings is 1. The molecule has 0 saturated carbocycles. The number of halogens is 2. The third kappa shape index (κ3) is 3.85. The second kappa shape index (κ2) is 7.61. The molecule has 8 heteroatoms. The number of rotatable bonds is 2. The molecule has 0 bridgehead atoms. The molecular formula is C23H16F2N6. The molecule has 4 aromatic rings. The van der Waals surface area contributed by atoms with Crippen molar-refractivity contribution in [1.29, 1.82) is 0 Å². The Morgan fingerprint density at radius 1 is 0.935 bits per heavy atom. The SMILES string of the molecule is Nc1ncc(C#Cc2cncc(-n3cc4c(n3)[C@@H](c3cc(F)cc(F)c3)CC4)c2)cn1. The smallest absolute Gasteiger partial charge is 0.219 e. The van der Waals surface area contributed by atoms with Crippen LogP contribution in [0.1, 0.15) is 40.3 Å². The van der Waals surface area contributed by atoms with Gasteiger partial charge in [0.1, 0.15) is 11.6 Å². The lowest BCUT2D eigenvalue weighted by molar-refractivity contribution is 0.575. The highest BCUT2D eigenvalue weighted by Crippen LogP contribution is 2.38. The number of anilines is 1. The van der Waals surface area contributed by atoms with E-state index in [2.05, 4.69) is 26.8 Å². The molecule has 0 unspecified atom stereocenters. The molecule has 0 radical (unpaired) electrons. The summed E-state index contributed by atoms with van der Waals surface area (Å²) in [5.74, 6) is 4.90. The van der Waals surface area contributed by atoms with Crippen LogP contribution in [-0.2, 0) is 6.42 Å². The Labute approximate surface area is 176 Å². The van der Waals surface area contributed by atoms with Crippen molar-refractivity contribution < 1.29 is 8.78 Å². The fraction of sp³-hybridized carbons (Fsp3) is 0.130. The molecule has 3 heterocycles. The molecule has 5 rings (SSSR count). The molecule has 1 aliphatic rings. The van der Waals surface area contributed by atoms with E-state index >= 15 is 0 Å². The first-order valence-corrected chi connectivity index (χ1v) is 9.64. The zero-order valence-corrected chi connectivity index (χ0v) is 16.3. The number of hydrogen-bond acceptors (Lipinski definition) is 5. The van der Waals surface area contributed by atoms with Crippen molar-refractivity contribution >= 4 is 5.95 Å². The topological polar surface area (TPSA) is 82.5 Å². The molecule has 0 aliphatic heterocycles. The van der Waals surface area contributed by atoms with E-state index in [0.29, 0.717) is 16.7 Å². The standard InChI is InChI=1S/C23H16F2N6/c24-18-6-17(7-19(25)8-18)21-4-3-16-13-31(30-22(16)21)20-5-14(9-27-12-20)1-2-15-10-28-23(26)29-11-15/h5-13,21H,3-4H2,(H2,26,28,29)/t21-/m1/s1. The number of nitrogens with zero attached hydrogens (tertiary/aromatic N) is 5. The Balaban J connectivity index is 1.44. The number of aryl methyl sites for hydroxylation is 1. The normalized spacial score (nSPS) is 14.7. The van der Waals surface area contributed by atoms with Crippen LogP contribution >= 0.6 is 0 Å². The van der Waals surface area contributed by atoms with Gasteiger partial charge in [0.05, 0.1) is 23.1 Å². The number of pyridine rings is 1. The number of fused-ring (bicyclic) bond motifs is 1. The van der Waals surface area contributed by atoms with E-state index in [1.54, 1.807) is 29.5 Å². The lowest BCUT2D eigenvalue weighted by Gasteiger charge is -2.10. The van der Waals surface area contributed by atoms with Crippen LogP contribution in [0.3, 0.4) is 0 Å². The van der Waals surface area contributed by atoms with Crippen molar-refractivity contribution in [2.24, 2.45) is 0 Å². The fourth-order valence-electron chi connectivity index (χ4n) is 3.75. The Morgan fingerprint density at radius 2 is 1.68 bits per heavy atom. The van der Waals surface area contributed by atoms with Crippen LogP contribution in [0.4, 0.5) is 14.7 Å². The first-order chi connectivity index (χ1) is 15.0. The minimum atomic E-state index is -0.579. The van der Waals surface area contributed by atoms with Gasteiger partial charge in [-0.1, -0.05) is 11.8 Å². The van der Waals surface area contributed by atoms with Crippen LogP contribution in [0.15, 0.2) is 55.2 Å². The van der Waals surface area contributed by atoms with Gasteiger partial charge in [-0.05, 0) is 42.2 Å². The van der Waals surface area contributed by atoms with Crippen molar-refractivity contribution in [2.75, 3.05) is 5.73 Å². The maximum atomic E-state index is 13.7. The predicted octanol–water partition coefficient (Wildman–Crippen LogP) is 3.40. The van der Waals surface area contributed by atoms with Gasteiger partial charge in [0.15, 0.2) is 0 Å². The largest absolute Gasteiger partial charge is 0.368 e. The van der Waals surface area contributed by atoms with E-state index in [4.69, 9.17) is 10.8 Å². The summed E-state index contributed by atoms with van der Waals surface area (Å²) < 4.78 is 29.1. The van der Waals surface area contributed by atoms with Crippen LogP contribution in [-0.4, -0.2) is 24.7 Å². The molecule has 3 aromatic heterocycles. The van der Waals surface area contributed by atoms with Crippen LogP contribution in [0.25, 0.3) is 5.69 Å². The van der Waals surface area contributed by atoms with Gasteiger partial charge in [-0.2, -0.15) is 5.10 Å². The Morgan fingerprint density at radius 3 is 2.45 bits per heavy atom. The predicted molar refractivity (Wildman–Crippen MR) is 110 cm³/mol. The van der Waals surface area contributed by atoms with E-state index in [9.17, 15) is 8.78 Å². The quantitative estimate of drug-likeness (QED) is 0.509. The van der Waals surface area contributed by atoms with Crippen molar-refractivity contribution in [1.82, 2.24) is 24.7 Å². The van der Waals surface area contributed by atoms with Gasteiger partial charge in [-0.25, -0.2) is 23.4 Å². The summed E-state index contributed by atoms with van der Waals surface area (Å²) in [6, 6.07) is 5.50. The summed E-state index contributed by atoms with van der Waals surface area (Å²) in [6.45, 7) is 0. The molecule has 6 nitrogen and oxygen atoms in total. The molecule has 31 heavy (non-hydrogen) atoms. The molecule has 0 amide bonds. The Hall–Kier alpha value is -4.12. The van der Waals surface area contributed by atoms with Gasteiger partial charge in [0, 0.05) is 42.3 Å². The second-order valence-corrected chi connectivity index (χ2v) is 7.29. The molecule has 152 valence electrons.